The minimum Gasteiger partial charge on any atom is -0.457 e. The molecule has 5 nitrogen and oxygen atoms in total. The minimum absolute atomic E-state index is 0.0647. The summed E-state index contributed by atoms with van der Waals surface area (Å²) in [5.41, 5.74) is 2.38. The zero-order valence-corrected chi connectivity index (χ0v) is 14.8. The number of hydrogen-bond donors (Lipinski definition) is 1. The Morgan fingerprint density at radius 3 is 2.41 bits per heavy atom. The molecule has 1 aromatic heterocycles. The Bertz CT molecular complexity index is 1000. The number of aromatic nitrogens is 1. The maximum atomic E-state index is 12.9. The fraction of sp³-hybridized carbons (Fsp3) is 0.190. The summed E-state index contributed by atoms with van der Waals surface area (Å²) in [5.74, 6) is -1.65. The van der Waals surface area contributed by atoms with Gasteiger partial charge in [0.2, 0.25) is 5.78 Å². The fourth-order valence-electron chi connectivity index (χ4n) is 2.92. The predicted molar refractivity (Wildman–Crippen MR) is 98.3 cm³/mol. The number of aromatic amines is 1. The number of H-pyrrole nitrogens is 1. The van der Waals surface area contributed by atoms with E-state index in [9.17, 15) is 18.8 Å². The van der Waals surface area contributed by atoms with Gasteiger partial charge in [0.15, 0.2) is 12.4 Å². The van der Waals surface area contributed by atoms with Crippen LogP contribution in [0, 0.1) is 12.7 Å². The molecule has 1 heterocycles. The summed E-state index contributed by atoms with van der Waals surface area (Å²) in [5, 5.41) is 0.780. The van der Waals surface area contributed by atoms with Crippen LogP contribution in [0.1, 0.15) is 39.3 Å². The molecule has 0 radical (unpaired) electrons. The smallest absolute Gasteiger partial charge is 0.306 e. The normalized spacial score (nSPS) is 10.7. The van der Waals surface area contributed by atoms with Gasteiger partial charge >= 0.3 is 5.97 Å². The van der Waals surface area contributed by atoms with Crippen LogP contribution in [0.3, 0.4) is 0 Å². The number of ketones is 2. The molecule has 138 valence electrons. The highest BCUT2D eigenvalue weighted by Gasteiger charge is 2.18. The molecule has 6 heteroatoms. The maximum absolute atomic E-state index is 12.9. The first-order valence-corrected chi connectivity index (χ1v) is 8.50. The van der Waals surface area contributed by atoms with E-state index in [-0.39, 0.29) is 31.0 Å². The standard InChI is InChI=1S/C21H18FNO4/c1-13-21(16-4-2-3-5-17(16)23-13)19(25)12-27-20(26)11-10-18(24)14-6-8-15(22)9-7-14/h2-9,23H,10-12H2,1H3. The summed E-state index contributed by atoms with van der Waals surface area (Å²) in [6, 6.07) is 12.5. The zero-order chi connectivity index (χ0) is 19.4. The second-order valence-corrected chi connectivity index (χ2v) is 6.18. The van der Waals surface area contributed by atoms with E-state index in [4.69, 9.17) is 4.74 Å². The number of nitrogens with one attached hydrogen (secondary N) is 1. The van der Waals surface area contributed by atoms with Crippen molar-refractivity contribution in [2.75, 3.05) is 6.61 Å². The van der Waals surface area contributed by atoms with Gasteiger partial charge in [-0.25, -0.2) is 4.39 Å². The van der Waals surface area contributed by atoms with E-state index in [0.717, 1.165) is 10.9 Å². The lowest BCUT2D eigenvalue weighted by Crippen LogP contribution is -2.15. The molecule has 27 heavy (non-hydrogen) atoms. The number of carbonyl (C=O) groups is 3. The summed E-state index contributed by atoms with van der Waals surface area (Å²) < 4.78 is 17.9. The number of esters is 1. The van der Waals surface area contributed by atoms with Gasteiger partial charge in [0.25, 0.3) is 0 Å². The Kier molecular flexibility index (Phi) is 5.45. The van der Waals surface area contributed by atoms with Crippen molar-refractivity contribution in [3.05, 3.63) is 71.2 Å². The number of fused-ring (bicyclic) bond motifs is 1. The summed E-state index contributed by atoms with van der Waals surface area (Å²) in [6.45, 7) is 1.41. The lowest BCUT2D eigenvalue weighted by atomic mass is 10.1. The van der Waals surface area contributed by atoms with Gasteiger partial charge in [-0.2, -0.15) is 0 Å². The third kappa shape index (κ3) is 4.28. The van der Waals surface area contributed by atoms with Crippen molar-refractivity contribution >= 4 is 28.4 Å². The van der Waals surface area contributed by atoms with E-state index in [1.54, 1.807) is 6.92 Å². The summed E-state index contributed by atoms with van der Waals surface area (Å²) in [7, 11) is 0. The van der Waals surface area contributed by atoms with Crippen LogP contribution in [0.25, 0.3) is 10.9 Å². The van der Waals surface area contributed by atoms with Crippen LogP contribution in [0.4, 0.5) is 4.39 Å². The molecule has 0 saturated heterocycles. The maximum Gasteiger partial charge on any atom is 0.306 e. The molecule has 0 amide bonds. The molecule has 0 aliphatic carbocycles. The summed E-state index contributed by atoms with van der Waals surface area (Å²) in [4.78, 5) is 39.4. The largest absolute Gasteiger partial charge is 0.457 e. The Morgan fingerprint density at radius 1 is 0.963 bits per heavy atom. The van der Waals surface area contributed by atoms with Crippen LogP contribution < -0.4 is 0 Å². The third-order valence-electron chi connectivity index (χ3n) is 4.26. The van der Waals surface area contributed by atoms with Crippen molar-refractivity contribution in [1.82, 2.24) is 4.98 Å². The second kappa shape index (κ2) is 7.95. The molecule has 0 aliphatic rings. The molecule has 3 aromatic rings. The molecule has 0 aliphatic heterocycles. The molecule has 0 spiro atoms. The van der Waals surface area contributed by atoms with E-state index < -0.39 is 11.8 Å². The molecule has 3 rings (SSSR count). The minimum atomic E-state index is -0.628. The molecule has 1 N–H and O–H groups in total. The van der Waals surface area contributed by atoms with Crippen LogP contribution in [0.2, 0.25) is 0 Å². The first kappa shape index (κ1) is 18.5. The van der Waals surface area contributed by atoms with Gasteiger partial charge in [0.05, 0.1) is 6.42 Å². The van der Waals surface area contributed by atoms with Gasteiger partial charge in [-0.1, -0.05) is 18.2 Å². The van der Waals surface area contributed by atoms with Gasteiger partial charge in [-0.3, -0.25) is 14.4 Å². The van der Waals surface area contributed by atoms with Gasteiger partial charge < -0.3 is 9.72 Å². The quantitative estimate of drug-likeness (QED) is 0.506. The fourth-order valence-corrected chi connectivity index (χ4v) is 2.92. The van der Waals surface area contributed by atoms with Crippen LogP contribution in [-0.2, 0) is 9.53 Å². The number of aryl methyl sites for hydroxylation is 1. The van der Waals surface area contributed by atoms with Gasteiger partial charge in [-0.15, -0.1) is 0 Å². The predicted octanol–water partition coefficient (Wildman–Crippen LogP) is 4.00. The van der Waals surface area contributed by atoms with Crippen LogP contribution >= 0.6 is 0 Å². The average Bonchev–Trinajstić information content (AvgIpc) is 3.00. The van der Waals surface area contributed by atoms with Crippen molar-refractivity contribution < 1.29 is 23.5 Å². The number of para-hydroxylation sites is 1. The highest BCUT2D eigenvalue weighted by Crippen LogP contribution is 2.22. The molecule has 0 saturated carbocycles. The SMILES string of the molecule is Cc1[nH]c2ccccc2c1C(=O)COC(=O)CCC(=O)c1ccc(F)cc1. The molecule has 0 fully saturated rings. The van der Waals surface area contributed by atoms with Gasteiger partial charge in [0.1, 0.15) is 5.82 Å². The van der Waals surface area contributed by atoms with E-state index in [1.165, 1.54) is 24.3 Å². The number of rotatable bonds is 7. The van der Waals surface area contributed by atoms with E-state index in [1.807, 2.05) is 24.3 Å². The highest BCUT2D eigenvalue weighted by atomic mass is 19.1. The number of Topliss-reactive ketones (excluding diaryl/α,β-unsaturated/α-hetero) is 2. The first-order chi connectivity index (χ1) is 13.0. The lowest BCUT2D eigenvalue weighted by molar-refractivity contribution is -0.142. The average molecular weight is 367 g/mol. The van der Waals surface area contributed by atoms with Crippen LogP contribution in [-0.4, -0.2) is 29.1 Å². The van der Waals surface area contributed by atoms with Crippen molar-refractivity contribution in [2.24, 2.45) is 0 Å². The second-order valence-electron chi connectivity index (χ2n) is 6.18. The van der Waals surface area contributed by atoms with Crippen LogP contribution in [0.15, 0.2) is 48.5 Å². The Hall–Kier alpha value is -3.28. The van der Waals surface area contributed by atoms with E-state index >= 15 is 0 Å². The van der Waals surface area contributed by atoms with Crippen molar-refractivity contribution in [2.45, 2.75) is 19.8 Å². The van der Waals surface area contributed by atoms with Crippen molar-refractivity contribution in [3.63, 3.8) is 0 Å². The Labute approximate surface area is 155 Å². The Morgan fingerprint density at radius 2 is 1.67 bits per heavy atom. The lowest BCUT2D eigenvalue weighted by Gasteiger charge is -2.05. The van der Waals surface area contributed by atoms with Gasteiger partial charge in [0, 0.05) is 34.1 Å². The van der Waals surface area contributed by atoms with Crippen molar-refractivity contribution in [1.29, 1.82) is 0 Å². The zero-order valence-electron chi connectivity index (χ0n) is 14.8. The molecule has 0 bridgehead atoms. The number of hydrogen-bond acceptors (Lipinski definition) is 4. The molecule has 0 atom stereocenters. The van der Waals surface area contributed by atoms with Crippen LogP contribution in [0.5, 0.6) is 0 Å². The number of carbonyl (C=O) groups excluding carboxylic acids is 3. The first-order valence-electron chi connectivity index (χ1n) is 8.50. The topological polar surface area (TPSA) is 76.2 Å². The van der Waals surface area contributed by atoms with Gasteiger partial charge in [-0.05, 0) is 37.3 Å². The molecule has 2 aromatic carbocycles. The summed E-state index contributed by atoms with van der Waals surface area (Å²) in [6.07, 6.45) is -0.207. The van der Waals surface area contributed by atoms with E-state index in [0.29, 0.717) is 16.8 Å². The summed E-state index contributed by atoms with van der Waals surface area (Å²) >= 11 is 0. The third-order valence-corrected chi connectivity index (χ3v) is 4.26. The highest BCUT2D eigenvalue weighted by molar-refractivity contribution is 6.10. The van der Waals surface area contributed by atoms with Crippen molar-refractivity contribution in [3.8, 4) is 0 Å². The number of halogens is 1. The molecular weight excluding hydrogens is 349 g/mol. The number of ether oxygens (including phenoxy) is 1. The molecular formula is C21H18FNO4. The molecule has 0 unspecified atom stereocenters. The number of benzene rings is 2. The van der Waals surface area contributed by atoms with E-state index in [2.05, 4.69) is 4.98 Å². The monoisotopic (exact) mass is 367 g/mol. The Balaban J connectivity index is 1.54.